The molecule has 0 unspecified atom stereocenters. The van der Waals surface area contributed by atoms with Crippen LogP contribution in [0.2, 0.25) is 10.0 Å². The fourth-order valence-electron chi connectivity index (χ4n) is 1.71. The predicted octanol–water partition coefficient (Wildman–Crippen LogP) is 3.46. The van der Waals surface area contributed by atoms with Gasteiger partial charge in [0.1, 0.15) is 5.69 Å². The Balaban J connectivity index is 2.72. The van der Waals surface area contributed by atoms with Crippen LogP contribution in [0.1, 0.15) is 27.8 Å². The Bertz CT molecular complexity index is 634. The number of benzene rings is 1. The number of H-pyrrole nitrogens is 1. The lowest BCUT2D eigenvalue weighted by atomic mass is 10.1. The third-order valence-corrected chi connectivity index (χ3v) is 3.31. The second-order valence-electron chi connectivity index (χ2n) is 3.54. The molecule has 1 heterocycles. The van der Waals surface area contributed by atoms with Crippen molar-refractivity contribution in [2.24, 2.45) is 0 Å². The molecule has 0 spiro atoms. The summed E-state index contributed by atoms with van der Waals surface area (Å²) in [6.07, 6.45) is 0.593. The Morgan fingerprint density at radius 1 is 1.44 bits per heavy atom. The van der Waals surface area contributed by atoms with Gasteiger partial charge in [-0.05, 0) is 13.0 Å². The molecule has 0 aliphatic carbocycles. The summed E-state index contributed by atoms with van der Waals surface area (Å²) in [5.41, 5.74) is 0.766. The van der Waals surface area contributed by atoms with Gasteiger partial charge in [0.15, 0.2) is 6.29 Å². The summed E-state index contributed by atoms with van der Waals surface area (Å²) in [7, 11) is 0. The van der Waals surface area contributed by atoms with Crippen molar-refractivity contribution in [1.82, 2.24) is 4.98 Å². The maximum Gasteiger partial charge on any atom is 0.355 e. The highest BCUT2D eigenvalue weighted by Crippen LogP contribution is 2.33. The van der Waals surface area contributed by atoms with E-state index in [9.17, 15) is 9.59 Å². The first-order valence-corrected chi connectivity index (χ1v) is 5.97. The highest BCUT2D eigenvalue weighted by Gasteiger charge is 2.20. The number of halogens is 2. The van der Waals surface area contributed by atoms with E-state index < -0.39 is 5.97 Å². The number of esters is 1. The second kappa shape index (κ2) is 5.00. The second-order valence-corrected chi connectivity index (χ2v) is 4.32. The zero-order valence-corrected chi connectivity index (χ0v) is 10.9. The third-order valence-electron chi connectivity index (χ3n) is 2.50. The van der Waals surface area contributed by atoms with Crippen molar-refractivity contribution < 1.29 is 14.3 Å². The van der Waals surface area contributed by atoms with Crippen molar-refractivity contribution in [3.63, 3.8) is 0 Å². The largest absolute Gasteiger partial charge is 0.461 e. The molecule has 1 aromatic carbocycles. The van der Waals surface area contributed by atoms with Gasteiger partial charge in [-0.3, -0.25) is 4.79 Å². The van der Waals surface area contributed by atoms with Crippen LogP contribution >= 0.6 is 23.2 Å². The number of carbonyl (C=O) groups is 2. The molecule has 6 heteroatoms. The van der Waals surface area contributed by atoms with Gasteiger partial charge in [0, 0.05) is 5.39 Å². The zero-order chi connectivity index (χ0) is 13.3. The topological polar surface area (TPSA) is 59.2 Å². The first-order valence-electron chi connectivity index (χ1n) is 5.22. The van der Waals surface area contributed by atoms with Gasteiger partial charge in [0.25, 0.3) is 0 Å². The summed E-state index contributed by atoms with van der Waals surface area (Å²) in [6, 6.07) is 3.20. The lowest BCUT2D eigenvalue weighted by molar-refractivity contribution is 0.0518. The Hall–Kier alpha value is -1.52. The van der Waals surface area contributed by atoms with Crippen LogP contribution in [0.4, 0.5) is 0 Å². The van der Waals surface area contributed by atoms with Crippen LogP contribution in [-0.2, 0) is 4.74 Å². The van der Waals surface area contributed by atoms with E-state index in [1.165, 1.54) is 0 Å². The summed E-state index contributed by atoms with van der Waals surface area (Å²) in [6.45, 7) is 1.91. The summed E-state index contributed by atoms with van der Waals surface area (Å²) in [4.78, 5) is 25.6. The zero-order valence-electron chi connectivity index (χ0n) is 9.42. The quantitative estimate of drug-likeness (QED) is 0.694. The third kappa shape index (κ3) is 1.98. The van der Waals surface area contributed by atoms with E-state index >= 15 is 0 Å². The maximum absolute atomic E-state index is 11.7. The van der Waals surface area contributed by atoms with E-state index in [-0.39, 0.29) is 22.9 Å². The van der Waals surface area contributed by atoms with Crippen molar-refractivity contribution >= 4 is 46.4 Å². The van der Waals surface area contributed by atoms with Crippen molar-refractivity contribution in [2.75, 3.05) is 6.61 Å². The average Bonchev–Trinajstić information content (AvgIpc) is 2.73. The molecule has 2 aromatic rings. The Labute approximate surface area is 113 Å². The molecule has 0 amide bonds. The Morgan fingerprint density at radius 3 is 2.78 bits per heavy atom. The van der Waals surface area contributed by atoms with Crippen LogP contribution in [0.25, 0.3) is 10.9 Å². The maximum atomic E-state index is 11.7. The molecule has 0 radical (unpaired) electrons. The first-order chi connectivity index (χ1) is 8.60. The molecule has 1 N–H and O–H groups in total. The van der Waals surface area contributed by atoms with E-state index in [0.29, 0.717) is 22.2 Å². The first kappa shape index (κ1) is 12.9. The number of aromatic amines is 1. The highest BCUT2D eigenvalue weighted by molar-refractivity contribution is 6.45. The van der Waals surface area contributed by atoms with Gasteiger partial charge < -0.3 is 9.72 Å². The average molecular weight is 286 g/mol. The molecule has 1 aromatic heterocycles. The highest BCUT2D eigenvalue weighted by atomic mass is 35.5. The summed E-state index contributed by atoms with van der Waals surface area (Å²) < 4.78 is 4.86. The molecule has 0 fully saturated rings. The number of fused-ring (bicyclic) bond motifs is 1. The molecule has 4 nitrogen and oxygen atoms in total. The van der Waals surface area contributed by atoms with Crippen LogP contribution < -0.4 is 0 Å². The van der Waals surface area contributed by atoms with Gasteiger partial charge in [-0.1, -0.05) is 29.3 Å². The molecule has 2 rings (SSSR count). The summed E-state index contributed by atoms with van der Waals surface area (Å²) in [5, 5.41) is 1.16. The molecular formula is C12H9Cl2NO3. The number of hydrogen-bond acceptors (Lipinski definition) is 3. The number of carbonyl (C=O) groups excluding carboxylic acids is 2. The molecule has 94 valence electrons. The Morgan fingerprint density at radius 2 is 2.17 bits per heavy atom. The molecule has 0 atom stereocenters. The van der Waals surface area contributed by atoms with Crippen molar-refractivity contribution in [1.29, 1.82) is 0 Å². The van der Waals surface area contributed by atoms with Crippen LogP contribution in [0.5, 0.6) is 0 Å². The fourth-order valence-corrected chi connectivity index (χ4v) is 2.08. The van der Waals surface area contributed by atoms with Gasteiger partial charge in [0.05, 0.1) is 27.7 Å². The van der Waals surface area contributed by atoms with E-state index in [4.69, 9.17) is 27.9 Å². The van der Waals surface area contributed by atoms with Gasteiger partial charge in [-0.2, -0.15) is 0 Å². The van der Waals surface area contributed by atoms with Crippen molar-refractivity contribution in [3.8, 4) is 0 Å². The van der Waals surface area contributed by atoms with Crippen molar-refractivity contribution in [2.45, 2.75) is 6.92 Å². The Kier molecular flexibility index (Phi) is 3.59. The van der Waals surface area contributed by atoms with E-state index in [0.717, 1.165) is 0 Å². The fraction of sp³-hybridized carbons (Fsp3) is 0.167. The van der Waals surface area contributed by atoms with E-state index in [1.807, 2.05) is 0 Å². The number of hydrogen-bond donors (Lipinski definition) is 1. The molecule has 0 bridgehead atoms. The number of nitrogens with one attached hydrogen (secondary N) is 1. The number of rotatable bonds is 3. The lowest BCUT2D eigenvalue weighted by Crippen LogP contribution is -2.07. The normalized spacial score (nSPS) is 10.6. The number of aromatic nitrogens is 1. The molecule has 0 aliphatic heterocycles. The monoisotopic (exact) mass is 285 g/mol. The molecule has 18 heavy (non-hydrogen) atoms. The van der Waals surface area contributed by atoms with Gasteiger partial charge >= 0.3 is 5.97 Å². The van der Waals surface area contributed by atoms with Gasteiger partial charge in [-0.25, -0.2) is 4.79 Å². The predicted molar refractivity (Wildman–Crippen MR) is 69.7 cm³/mol. The molecular weight excluding hydrogens is 277 g/mol. The van der Waals surface area contributed by atoms with E-state index in [1.54, 1.807) is 19.1 Å². The molecule has 0 saturated carbocycles. The minimum atomic E-state index is -0.594. The van der Waals surface area contributed by atoms with E-state index in [2.05, 4.69) is 4.98 Å². The summed E-state index contributed by atoms with van der Waals surface area (Å²) in [5.74, 6) is -0.594. The van der Waals surface area contributed by atoms with Crippen LogP contribution in [-0.4, -0.2) is 23.8 Å². The van der Waals surface area contributed by atoms with Gasteiger partial charge in [-0.15, -0.1) is 0 Å². The van der Waals surface area contributed by atoms with Crippen LogP contribution in [0.3, 0.4) is 0 Å². The number of ether oxygens (including phenoxy) is 1. The SMILES string of the molecule is CCOC(=O)c1[nH]c2c(Cl)c(Cl)ccc2c1C=O. The minimum Gasteiger partial charge on any atom is -0.461 e. The van der Waals surface area contributed by atoms with Crippen LogP contribution in [0.15, 0.2) is 12.1 Å². The van der Waals surface area contributed by atoms with Crippen molar-refractivity contribution in [3.05, 3.63) is 33.4 Å². The smallest absolute Gasteiger partial charge is 0.355 e. The van der Waals surface area contributed by atoms with Gasteiger partial charge in [0.2, 0.25) is 0 Å². The van der Waals surface area contributed by atoms with Crippen LogP contribution in [0, 0.1) is 0 Å². The molecule has 0 saturated heterocycles. The lowest BCUT2D eigenvalue weighted by Gasteiger charge is -1.98. The number of aldehydes is 1. The minimum absolute atomic E-state index is 0.0889. The standard InChI is InChI=1S/C12H9Cl2NO3/c1-2-18-12(17)11-7(5-16)6-3-4-8(13)9(14)10(6)15-11/h3-5,15H,2H2,1H3. The summed E-state index contributed by atoms with van der Waals surface area (Å²) >= 11 is 11.9. The molecule has 0 aliphatic rings.